The normalized spacial score (nSPS) is 26.1. The molecule has 6 heteroatoms. The van der Waals surface area contributed by atoms with Gasteiger partial charge in [0.25, 0.3) is 5.91 Å². The number of carbonyl (C=O) groups is 1. The van der Waals surface area contributed by atoms with Gasteiger partial charge in [0, 0.05) is 42.6 Å². The molecule has 21 heavy (non-hydrogen) atoms. The molecular weight excluding hydrogens is 304 g/mol. The average Bonchev–Trinajstić information content (AvgIpc) is 3.17. The summed E-state index contributed by atoms with van der Waals surface area (Å²) in [5.74, 6) is 2.46. The van der Waals surface area contributed by atoms with Gasteiger partial charge < -0.3 is 15.7 Å². The van der Waals surface area contributed by atoms with E-state index in [2.05, 4.69) is 22.8 Å². The summed E-state index contributed by atoms with van der Waals surface area (Å²) in [5, 5.41) is 15.7. The summed E-state index contributed by atoms with van der Waals surface area (Å²) in [6.45, 7) is 1.89. The summed E-state index contributed by atoms with van der Waals surface area (Å²) in [7, 11) is 0. The molecule has 0 aliphatic carbocycles. The largest absolute Gasteiger partial charge is 0.391 e. The Morgan fingerprint density at radius 2 is 1.95 bits per heavy atom. The van der Waals surface area contributed by atoms with Gasteiger partial charge in [-0.1, -0.05) is 12.1 Å². The van der Waals surface area contributed by atoms with Crippen molar-refractivity contribution in [3.8, 4) is 0 Å². The lowest BCUT2D eigenvalue weighted by atomic mass is 10.1. The second-order valence-corrected chi connectivity index (χ2v) is 8.12. The van der Waals surface area contributed by atoms with E-state index in [1.807, 2.05) is 35.7 Å². The molecule has 0 saturated carbocycles. The molecule has 0 spiro atoms. The number of benzene rings is 1. The zero-order valence-electron chi connectivity index (χ0n) is 11.7. The molecule has 4 nitrogen and oxygen atoms in total. The van der Waals surface area contributed by atoms with Crippen LogP contribution in [0.15, 0.2) is 24.3 Å². The third-order valence-corrected chi connectivity index (χ3v) is 7.00. The summed E-state index contributed by atoms with van der Waals surface area (Å²) in [6.07, 6.45) is -0.357. The maximum atomic E-state index is 12.1. The van der Waals surface area contributed by atoms with Crippen LogP contribution in [0.25, 0.3) is 0 Å². The molecule has 2 saturated heterocycles. The maximum Gasteiger partial charge on any atom is 0.251 e. The van der Waals surface area contributed by atoms with Crippen molar-refractivity contribution in [1.29, 1.82) is 0 Å². The van der Waals surface area contributed by atoms with Gasteiger partial charge in [0.1, 0.15) is 0 Å². The first-order valence-corrected chi connectivity index (χ1v) is 9.34. The van der Waals surface area contributed by atoms with Crippen LogP contribution in [0.3, 0.4) is 0 Å². The summed E-state index contributed by atoms with van der Waals surface area (Å²) in [6, 6.07) is 7.90. The number of amides is 1. The fourth-order valence-corrected chi connectivity index (χ4v) is 5.46. The highest BCUT2D eigenvalue weighted by atomic mass is 32.2. The Bertz CT molecular complexity index is 489. The zero-order valence-corrected chi connectivity index (χ0v) is 13.4. The first-order chi connectivity index (χ1) is 10.2. The van der Waals surface area contributed by atoms with Gasteiger partial charge in [0.05, 0.1) is 10.7 Å². The van der Waals surface area contributed by atoms with E-state index in [1.54, 1.807) is 0 Å². The number of thioether (sulfide) groups is 2. The van der Waals surface area contributed by atoms with Gasteiger partial charge in [-0.05, 0) is 17.7 Å². The van der Waals surface area contributed by atoms with Crippen LogP contribution >= 0.6 is 23.5 Å². The van der Waals surface area contributed by atoms with Crippen LogP contribution in [0.1, 0.15) is 20.5 Å². The molecular formula is C15H20N2O2S2. The minimum atomic E-state index is -0.357. The standard InChI is InChI=1S/C15H20N2O2S2/c18-13-9-16-7-12(13)8-17-14(19)10-1-3-11(4-2-10)15-20-5-6-21-15/h1-4,12-13,15-16,18H,5-9H2,(H,17,19). The van der Waals surface area contributed by atoms with Crippen LogP contribution in [0.4, 0.5) is 0 Å². The van der Waals surface area contributed by atoms with E-state index in [0.717, 1.165) is 6.54 Å². The minimum absolute atomic E-state index is 0.0626. The Morgan fingerprint density at radius 1 is 1.24 bits per heavy atom. The summed E-state index contributed by atoms with van der Waals surface area (Å²) in [5.41, 5.74) is 1.97. The maximum absolute atomic E-state index is 12.1. The quantitative estimate of drug-likeness (QED) is 0.783. The van der Waals surface area contributed by atoms with E-state index in [-0.39, 0.29) is 17.9 Å². The van der Waals surface area contributed by atoms with Crippen molar-refractivity contribution in [2.45, 2.75) is 10.7 Å². The van der Waals surface area contributed by atoms with Crippen LogP contribution in [0, 0.1) is 5.92 Å². The van der Waals surface area contributed by atoms with Crippen molar-refractivity contribution >= 4 is 29.4 Å². The van der Waals surface area contributed by atoms with E-state index in [4.69, 9.17) is 0 Å². The van der Waals surface area contributed by atoms with Crippen LogP contribution in [-0.2, 0) is 0 Å². The fraction of sp³-hybridized carbons (Fsp3) is 0.533. The molecule has 114 valence electrons. The molecule has 2 fully saturated rings. The van der Waals surface area contributed by atoms with Gasteiger partial charge in [-0.3, -0.25) is 4.79 Å². The number of nitrogens with one attached hydrogen (secondary N) is 2. The molecule has 2 unspecified atom stereocenters. The number of aliphatic hydroxyl groups excluding tert-OH is 1. The molecule has 3 N–H and O–H groups in total. The molecule has 3 rings (SSSR count). The third-order valence-electron chi connectivity index (χ3n) is 3.90. The number of hydrogen-bond acceptors (Lipinski definition) is 5. The summed E-state index contributed by atoms with van der Waals surface area (Å²) in [4.78, 5) is 12.1. The molecule has 2 aliphatic heterocycles. The number of rotatable bonds is 4. The molecule has 1 amide bonds. The van der Waals surface area contributed by atoms with E-state index in [0.29, 0.717) is 23.2 Å². The lowest BCUT2D eigenvalue weighted by Gasteiger charge is -2.14. The smallest absolute Gasteiger partial charge is 0.251 e. The fourth-order valence-electron chi connectivity index (χ4n) is 2.60. The Hall–Kier alpha value is -0.690. The highest BCUT2D eigenvalue weighted by Gasteiger charge is 2.25. The van der Waals surface area contributed by atoms with E-state index >= 15 is 0 Å². The van der Waals surface area contributed by atoms with Gasteiger partial charge in [-0.25, -0.2) is 0 Å². The molecule has 2 heterocycles. The van der Waals surface area contributed by atoms with Crippen LogP contribution < -0.4 is 10.6 Å². The van der Waals surface area contributed by atoms with Crippen molar-refractivity contribution in [1.82, 2.24) is 10.6 Å². The topological polar surface area (TPSA) is 61.4 Å². The average molecular weight is 324 g/mol. The Balaban J connectivity index is 1.54. The van der Waals surface area contributed by atoms with Crippen LogP contribution in [-0.4, -0.2) is 48.3 Å². The predicted molar refractivity (Wildman–Crippen MR) is 88.8 cm³/mol. The Kier molecular flexibility index (Phi) is 5.11. The summed E-state index contributed by atoms with van der Waals surface area (Å²) < 4.78 is 0.516. The minimum Gasteiger partial charge on any atom is -0.391 e. The molecule has 0 aromatic heterocycles. The van der Waals surface area contributed by atoms with Crippen molar-refractivity contribution in [2.24, 2.45) is 5.92 Å². The van der Waals surface area contributed by atoms with E-state index in [9.17, 15) is 9.90 Å². The van der Waals surface area contributed by atoms with Gasteiger partial charge in [-0.2, -0.15) is 0 Å². The monoisotopic (exact) mass is 324 g/mol. The predicted octanol–water partition coefficient (Wildman–Crippen LogP) is 1.48. The van der Waals surface area contributed by atoms with Gasteiger partial charge in [0.15, 0.2) is 0 Å². The van der Waals surface area contributed by atoms with Crippen molar-refractivity contribution in [3.63, 3.8) is 0 Å². The molecule has 2 atom stereocenters. The number of aliphatic hydroxyl groups is 1. The van der Waals surface area contributed by atoms with Gasteiger partial charge >= 0.3 is 0 Å². The van der Waals surface area contributed by atoms with Crippen molar-refractivity contribution < 1.29 is 9.90 Å². The molecule has 1 aromatic carbocycles. The molecule has 1 aromatic rings. The summed E-state index contributed by atoms with van der Waals surface area (Å²) >= 11 is 3.93. The Labute approximate surface area is 133 Å². The number of β-amino-alcohol motifs (C(OH)–C–C–N with tert-alkyl or cyclic N) is 1. The van der Waals surface area contributed by atoms with Crippen molar-refractivity contribution in [3.05, 3.63) is 35.4 Å². The van der Waals surface area contributed by atoms with Crippen LogP contribution in [0.2, 0.25) is 0 Å². The first-order valence-electron chi connectivity index (χ1n) is 7.24. The number of carbonyl (C=O) groups excluding carboxylic acids is 1. The molecule has 0 bridgehead atoms. The molecule has 0 radical (unpaired) electrons. The van der Waals surface area contributed by atoms with Gasteiger partial charge in [-0.15, -0.1) is 23.5 Å². The lowest BCUT2D eigenvalue weighted by Crippen LogP contribution is -2.34. The first kappa shape index (κ1) is 15.2. The highest BCUT2D eigenvalue weighted by Crippen LogP contribution is 2.45. The van der Waals surface area contributed by atoms with Gasteiger partial charge in [0.2, 0.25) is 0 Å². The third kappa shape index (κ3) is 3.74. The van der Waals surface area contributed by atoms with Crippen LogP contribution in [0.5, 0.6) is 0 Å². The lowest BCUT2D eigenvalue weighted by molar-refractivity contribution is 0.0927. The highest BCUT2D eigenvalue weighted by molar-refractivity contribution is 8.19. The Morgan fingerprint density at radius 3 is 2.57 bits per heavy atom. The zero-order chi connectivity index (χ0) is 14.7. The van der Waals surface area contributed by atoms with E-state index < -0.39 is 0 Å². The second-order valence-electron chi connectivity index (χ2n) is 5.39. The molecule has 2 aliphatic rings. The second kappa shape index (κ2) is 7.05. The SMILES string of the molecule is O=C(NCC1CNCC1O)c1ccc(C2SCCS2)cc1. The van der Waals surface area contributed by atoms with Crippen molar-refractivity contribution in [2.75, 3.05) is 31.1 Å². The number of hydrogen-bond donors (Lipinski definition) is 3. The van der Waals surface area contributed by atoms with E-state index in [1.165, 1.54) is 17.1 Å².